The summed E-state index contributed by atoms with van der Waals surface area (Å²) < 4.78 is 5.20. The van der Waals surface area contributed by atoms with Crippen LogP contribution in [-0.4, -0.2) is 23.0 Å². The van der Waals surface area contributed by atoms with E-state index < -0.39 is 0 Å². The highest BCUT2D eigenvalue weighted by atomic mass is 35.5. The van der Waals surface area contributed by atoms with Crippen LogP contribution in [0.25, 0.3) is 22.6 Å². The first-order chi connectivity index (χ1) is 15.0. The third kappa shape index (κ3) is 5.08. The molecule has 0 aliphatic heterocycles. The van der Waals surface area contributed by atoms with Crippen molar-refractivity contribution in [2.45, 2.75) is 6.54 Å². The second-order valence-electron chi connectivity index (χ2n) is 6.92. The summed E-state index contributed by atoms with van der Waals surface area (Å²) in [4.78, 5) is 20.3. The largest absolute Gasteiger partial charge is 0.497 e. The molecule has 0 aliphatic carbocycles. The molecule has 7 heteroatoms. The molecule has 4 aromatic rings. The molecule has 0 saturated carbocycles. The number of aromatic amines is 1. The SMILES string of the molecule is COc1ccc(-c2cnc(-c3cccc(CNC(=O)c4cc(Cl)cc(Cl)c4)c3)[nH]2)cc1. The molecule has 0 atom stereocenters. The number of hydrogen-bond acceptors (Lipinski definition) is 3. The molecular weight excluding hydrogens is 433 g/mol. The standard InChI is InChI=1S/C24H19Cl2N3O2/c1-31-21-7-5-16(6-8-21)22-14-27-23(29-22)17-4-2-3-15(9-17)13-28-24(30)18-10-19(25)12-20(26)11-18/h2-12,14H,13H2,1H3,(H,27,29)(H,28,30). The molecule has 2 N–H and O–H groups in total. The Bertz CT molecular complexity index is 1200. The van der Waals surface area contributed by atoms with Crippen molar-refractivity contribution in [2.24, 2.45) is 0 Å². The van der Waals surface area contributed by atoms with Gasteiger partial charge in [0.1, 0.15) is 11.6 Å². The Labute approximate surface area is 190 Å². The summed E-state index contributed by atoms with van der Waals surface area (Å²) in [5, 5.41) is 3.73. The van der Waals surface area contributed by atoms with Crippen LogP contribution in [0.2, 0.25) is 10.0 Å². The van der Waals surface area contributed by atoms with Crippen LogP contribution in [0.4, 0.5) is 0 Å². The van der Waals surface area contributed by atoms with Gasteiger partial charge >= 0.3 is 0 Å². The van der Waals surface area contributed by atoms with Crippen molar-refractivity contribution in [3.8, 4) is 28.4 Å². The van der Waals surface area contributed by atoms with E-state index in [4.69, 9.17) is 27.9 Å². The fourth-order valence-electron chi connectivity index (χ4n) is 3.18. The van der Waals surface area contributed by atoms with Crippen LogP contribution in [0.3, 0.4) is 0 Å². The van der Waals surface area contributed by atoms with E-state index >= 15 is 0 Å². The Morgan fingerprint density at radius 2 is 1.74 bits per heavy atom. The van der Waals surface area contributed by atoms with Gasteiger partial charge in [-0.15, -0.1) is 0 Å². The third-order valence-electron chi connectivity index (χ3n) is 4.76. The molecule has 0 bridgehead atoms. The lowest BCUT2D eigenvalue weighted by atomic mass is 10.1. The number of carbonyl (C=O) groups is 1. The van der Waals surface area contributed by atoms with Gasteiger partial charge in [0.2, 0.25) is 0 Å². The molecule has 31 heavy (non-hydrogen) atoms. The summed E-state index contributed by atoms with van der Waals surface area (Å²) in [6.45, 7) is 0.364. The van der Waals surface area contributed by atoms with Crippen LogP contribution in [0.15, 0.2) is 72.9 Å². The second-order valence-corrected chi connectivity index (χ2v) is 7.79. The van der Waals surface area contributed by atoms with Crippen LogP contribution in [0.1, 0.15) is 15.9 Å². The Kier molecular flexibility index (Phi) is 6.26. The topological polar surface area (TPSA) is 67.0 Å². The van der Waals surface area contributed by atoms with Crippen molar-refractivity contribution in [2.75, 3.05) is 7.11 Å². The smallest absolute Gasteiger partial charge is 0.251 e. The van der Waals surface area contributed by atoms with Crippen molar-refractivity contribution in [3.63, 3.8) is 0 Å². The fraction of sp³-hybridized carbons (Fsp3) is 0.0833. The van der Waals surface area contributed by atoms with Gasteiger partial charge in [-0.2, -0.15) is 0 Å². The molecule has 1 heterocycles. The van der Waals surface area contributed by atoms with E-state index in [9.17, 15) is 4.79 Å². The number of imidazole rings is 1. The molecule has 1 aromatic heterocycles. The maximum Gasteiger partial charge on any atom is 0.251 e. The number of methoxy groups -OCH3 is 1. The number of nitrogens with zero attached hydrogens (tertiary/aromatic N) is 1. The summed E-state index contributed by atoms with van der Waals surface area (Å²) in [5.41, 5.74) is 4.22. The predicted molar refractivity (Wildman–Crippen MR) is 124 cm³/mol. The van der Waals surface area contributed by atoms with E-state index in [0.29, 0.717) is 22.2 Å². The van der Waals surface area contributed by atoms with Crippen LogP contribution >= 0.6 is 23.2 Å². The molecule has 0 spiro atoms. The average Bonchev–Trinajstić information content (AvgIpc) is 3.27. The molecule has 3 aromatic carbocycles. The van der Waals surface area contributed by atoms with E-state index in [1.165, 1.54) is 0 Å². The minimum atomic E-state index is -0.241. The average molecular weight is 452 g/mol. The molecule has 0 fully saturated rings. The van der Waals surface area contributed by atoms with Crippen LogP contribution in [0.5, 0.6) is 5.75 Å². The number of aromatic nitrogens is 2. The van der Waals surface area contributed by atoms with Crippen LogP contribution in [-0.2, 0) is 6.54 Å². The number of amides is 1. The lowest BCUT2D eigenvalue weighted by molar-refractivity contribution is 0.0951. The number of nitrogens with one attached hydrogen (secondary N) is 2. The number of carbonyl (C=O) groups excluding carboxylic acids is 1. The van der Waals surface area contributed by atoms with Gasteiger partial charge in [-0.25, -0.2) is 4.98 Å². The highest BCUT2D eigenvalue weighted by molar-refractivity contribution is 6.35. The summed E-state index contributed by atoms with van der Waals surface area (Å²) in [6.07, 6.45) is 1.80. The fourth-order valence-corrected chi connectivity index (χ4v) is 3.71. The molecule has 0 saturated heterocycles. The normalized spacial score (nSPS) is 10.7. The summed E-state index contributed by atoms with van der Waals surface area (Å²) in [5.74, 6) is 1.31. The van der Waals surface area contributed by atoms with Crippen LogP contribution in [0, 0.1) is 0 Å². The molecule has 0 aliphatic rings. The number of benzene rings is 3. The lowest BCUT2D eigenvalue weighted by Crippen LogP contribution is -2.22. The summed E-state index contributed by atoms with van der Waals surface area (Å²) in [6, 6.07) is 20.4. The van der Waals surface area contributed by atoms with E-state index in [2.05, 4.69) is 15.3 Å². The minimum Gasteiger partial charge on any atom is -0.497 e. The minimum absolute atomic E-state index is 0.241. The summed E-state index contributed by atoms with van der Waals surface area (Å²) >= 11 is 12.0. The number of hydrogen-bond donors (Lipinski definition) is 2. The van der Waals surface area contributed by atoms with Gasteiger partial charge < -0.3 is 15.0 Å². The maximum absolute atomic E-state index is 12.4. The van der Waals surface area contributed by atoms with Gasteiger partial charge in [-0.05, 0) is 59.7 Å². The lowest BCUT2D eigenvalue weighted by Gasteiger charge is -2.08. The first-order valence-corrected chi connectivity index (χ1v) is 10.3. The zero-order valence-electron chi connectivity index (χ0n) is 16.7. The van der Waals surface area contributed by atoms with Gasteiger partial charge in [-0.1, -0.05) is 41.4 Å². The van der Waals surface area contributed by atoms with Gasteiger partial charge in [0, 0.05) is 27.7 Å². The molecule has 0 radical (unpaired) electrons. The van der Waals surface area contributed by atoms with Crippen molar-refractivity contribution < 1.29 is 9.53 Å². The number of H-pyrrole nitrogens is 1. The maximum atomic E-state index is 12.4. The number of halogens is 2. The highest BCUT2D eigenvalue weighted by Gasteiger charge is 2.10. The zero-order chi connectivity index (χ0) is 21.8. The monoisotopic (exact) mass is 451 g/mol. The van der Waals surface area contributed by atoms with E-state index in [1.807, 2.05) is 48.5 Å². The van der Waals surface area contributed by atoms with Crippen molar-refractivity contribution in [1.82, 2.24) is 15.3 Å². The molecule has 5 nitrogen and oxygen atoms in total. The quantitative estimate of drug-likeness (QED) is 0.378. The Morgan fingerprint density at radius 3 is 2.45 bits per heavy atom. The first-order valence-electron chi connectivity index (χ1n) is 9.55. The van der Waals surface area contributed by atoms with Crippen molar-refractivity contribution >= 4 is 29.1 Å². The number of rotatable bonds is 6. The van der Waals surface area contributed by atoms with E-state index in [0.717, 1.165) is 34.0 Å². The Morgan fingerprint density at radius 1 is 1.00 bits per heavy atom. The van der Waals surface area contributed by atoms with Crippen LogP contribution < -0.4 is 10.1 Å². The zero-order valence-corrected chi connectivity index (χ0v) is 18.2. The highest BCUT2D eigenvalue weighted by Crippen LogP contribution is 2.25. The van der Waals surface area contributed by atoms with E-state index in [1.54, 1.807) is 31.5 Å². The molecule has 0 unspecified atom stereocenters. The first kappa shape index (κ1) is 21.0. The van der Waals surface area contributed by atoms with E-state index in [-0.39, 0.29) is 5.91 Å². The number of ether oxygens (including phenoxy) is 1. The van der Waals surface area contributed by atoms with Crippen molar-refractivity contribution in [3.05, 3.63) is 94.1 Å². The molecular formula is C24H19Cl2N3O2. The molecule has 4 rings (SSSR count). The van der Waals surface area contributed by atoms with Crippen molar-refractivity contribution in [1.29, 1.82) is 0 Å². The Hall–Kier alpha value is -3.28. The van der Waals surface area contributed by atoms with Gasteiger partial charge in [0.05, 0.1) is 19.0 Å². The van der Waals surface area contributed by atoms with Gasteiger partial charge in [0.15, 0.2) is 0 Å². The van der Waals surface area contributed by atoms with Gasteiger partial charge in [0.25, 0.3) is 5.91 Å². The predicted octanol–water partition coefficient (Wildman–Crippen LogP) is 5.99. The third-order valence-corrected chi connectivity index (χ3v) is 5.19. The molecule has 156 valence electrons. The Balaban J connectivity index is 1.47. The second kappa shape index (κ2) is 9.25. The summed E-state index contributed by atoms with van der Waals surface area (Å²) in [7, 11) is 1.64. The van der Waals surface area contributed by atoms with Gasteiger partial charge in [-0.3, -0.25) is 4.79 Å². The molecule has 1 amide bonds.